The molecule has 5 rings (SSSR count). The first kappa shape index (κ1) is 29.5. The minimum Gasteiger partial charge on any atom is -0.423 e. The number of nitrogens with zero attached hydrogens (tertiary/aromatic N) is 3. The zero-order chi connectivity index (χ0) is 30.8. The molecule has 1 fully saturated rings. The number of nitro benzene ring substituents is 1. The summed E-state index contributed by atoms with van der Waals surface area (Å²) in [5, 5.41) is 12.6. The number of ketones is 1. The maximum absolute atomic E-state index is 13.7. The maximum atomic E-state index is 13.7. The quantitative estimate of drug-likeness (QED) is 0.0632. The van der Waals surface area contributed by atoms with Crippen LogP contribution >= 0.6 is 15.9 Å². The Morgan fingerprint density at radius 3 is 2.14 bits per heavy atom. The average molecular weight is 646 g/mol. The van der Waals surface area contributed by atoms with Gasteiger partial charge in [0.05, 0.1) is 22.3 Å². The van der Waals surface area contributed by atoms with E-state index in [0.29, 0.717) is 12.0 Å². The smallest absolute Gasteiger partial charge is 0.343 e. The second-order valence-electron chi connectivity index (χ2n) is 10.2. The summed E-state index contributed by atoms with van der Waals surface area (Å²) in [6, 6.07) is 16.9. The van der Waals surface area contributed by atoms with E-state index in [4.69, 9.17) is 4.74 Å². The lowest BCUT2D eigenvalue weighted by Crippen LogP contribution is -2.52. The van der Waals surface area contributed by atoms with E-state index in [2.05, 4.69) is 15.9 Å². The van der Waals surface area contributed by atoms with Crippen molar-refractivity contribution < 1.29 is 33.6 Å². The lowest BCUT2D eigenvalue weighted by molar-refractivity contribution is -0.384. The van der Waals surface area contributed by atoms with E-state index in [-0.39, 0.29) is 28.5 Å². The second kappa shape index (κ2) is 12.1. The first-order chi connectivity index (χ1) is 20.5. The van der Waals surface area contributed by atoms with Crippen LogP contribution in [0.4, 0.5) is 5.69 Å². The molecule has 2 aliphatic rings. The Bertz CT molecular complexity index is 1650. The van der Waals surface area contributed by atoms with Crippen molar-refractivity contribution in [3.63, 3.8) is 0 Å². The number of amides is 3. The van der Waals surface area contributed by atoms with Crippen molar-refractivity contribution in [2.45, 2.75) is 13.3 Å². The number of allylic oxidation sites excluding steroid dienone is 2. The van der Waals surface area contributed by atoms with Gasteiger partial charge in [0.2, 0.25) is 0 Å². The molecule has 218 valence electrons. The Kier molecular flexibility index (Phi) is 8.31. The van der Waals surface area contributed by atoms with E-state index < -0.39 is 52.8 Å². The summed E-state index contributed by atoms with van der Waals surface area (Å²) in [5.41, 5.74) is 0.167. The Morgan fingerprint density at radius 1 is 0.930 bits per heavy atom. The van der Waals surface area contributed by atoms with Crippen molar-refractivity contribution in [3.8, 4) is 5.75 Å². The molecule has 0 spiro atoms. The summed E-state index contributed by atoms with van der Waals surface area (Å²) in [5.74, 6) is -4.64. The molecular formula is C31H24BrN3O8. The summed E-state index contributed by atoms with van der Waals surface area (Å²) in [6.07, 6.45) is 3.98. The third kappa shape index (κ3) is 6.00. The number of hydrogen-bond donors (Lipinski definition) is 0. The lowest BCUT2D eigenvalue weighted by Gasteiger charge is -2.30. The number of carbonyl (C=O) groups excluding carboxylic acids is 5. The molecule has 0 radical (unpaired) electrons. The summed E-state index contributed by atoms with van der Waals surface area (Å²) in [7, 11) is 0. The van der Waals surface area contributed by atoms with Crippen molar-refractivity contribution in [2.75, 3.05) is 6.54 Å². The molecule has 3 aromatic carbocycles. The highest BCUT2D eigenvalue weighted by Gasteiger charge is 2.53. The number of fused-ring (bicyclic) bond motifs is 1. The monoisotopic (exact) mass is 645 g/mol. The molecule has 1 aliphatic carbocycles. The number of ether oxygens (including phenoxy) is 1. The standard InChI is InChI=1S/C31H24BrN3O8/c1-18-3-2-4-25-27(18)30(39)34(29(25)38)33(28(37)20-7-13-23(14-8-20)35(41)42)17-26(36)19-9-15-24(16-10-19)43-31(40)21-5-11-22(32)12-6-21/h2-3,5-16,18,25,27H,4,17H2,1H3/t18-,25+,27-/m1/s1. The molecule has 3 amide bonds. The van der Waals surface area contributed by atoms with Crippen LogP contribution in [0.15, 0.2) is 89.4 Å². The first-order valence-electron chi connectivity index (χ1n) is 13.3. The molecule has 3 aromatic rings. The Hall–Kier alpha value is -4.97. The molecule has 3 atom stereocenters. The van der Waals surface area contributed by atoms with Crippen LogP contribution in [0, 0.1) is 27.9 Å². The SMILES string of the molecule is C[C@@H]1C=CC[C@@H]2C(=O)N(N(CC(=O)c3ccc(OC(=O)c4ccc(Br)cc4)cc3)C(=O)c3ccc([N+](=O)[O-])cc3)C(=O)[C@H]12. The number of esters is 1. The van der Waals surface area contributed by atoms with Gasteiger partial charge >= 0.3 is 5.97 Å². The molecule has 1 aliphatic heterocycles. The van der Waals surface area contributed by atoms with E-state index in [1.807, 2.05) is 12.2 Å². The first-order valence-corrected chi connectivity index (χ1v) is 14.1. The highest BCUT2D eigenvalue weighted by atomic mass is 79.9. The Morgan fingerprint density at radius 2 is 1.53 bits per heavy atom. The Labute approximate surface area is 254 Å². The van der Waals surface area contributed by atoms with Crippen LogP contribution in [0.5, 0.6) is 5.75 Å². The van der Waals surface area contributed by atoms with Crippen LogP contribution < -0.4 is 4.74 Å². The van der Waals surface area contributed by atoms with Crippen molar-refractivity contribution in [1.82, 2.24) is 10.0 Å². The zero-order valence-corrected chi connectivity index (χ0v) is 24.3. The normalized spacial score (nSPS) is 19.1. The molecule has 0 bridgehead atoms. The summed E-state index contributed by atoms with van der Waals surface area (Å²) < 4.78 is 6.17. The molecule has 11 nitrogen and oxygen atoms in total. The summed E-state index contributed by atoms with van der Waals surface area (Å²) in [6.45, 7) is 1.15. The average Bonchev–Trinajstić information content (AvgIpc) is 3.26. The molecule has 12 heteroatoms. The number of hydrazine groups is 1. The van der Waals surface area contributed by atoms with E-state index in [9.17, 15) is 34.1 Å². The van der Waals surface area contributed by atoms with Gasteiger partial charge in [0.25, 0.3) is 23.4 Å². The van der Waals surface area contributed by atoms with Crippen molar-refractivity contribution in [2.24, 2.45) is 17.8 Å². The van der Waals surface area contributed by atoms with Crippen LogP contribution in [-0.4, -0.2) is 51.0 Å². The minimum atomic E-state index is -0.843. The summed E-state index contributed by atoms with van der Waals surface area (Å²) in [4.78, 5) is 76.9. The van der Waals surface area contributed by atoms with Gasteiger partial charge in [-0.05, 0) is 73.0 Å². The van der Waals surface area contributed by atoms with Gasteiger partial charge < -0.3 is 4.74 Å². The number of carbonyl (C=O) groups is 5. The van der Waals surface area contributed by atoms with E-state index in [0.717, 1.165) is 26.6 Å². The number of nitro groups is 1. The number of imide groups is 1. The Balaban J connectivity index is 1.39. The van der Waals surface area contributed by atoms with Gasteiger partial charge in [-0.1, -0.05) is 35.0 Å². The molecule has 1 heterocycles. The number of rotatable bonds is 8. The van der Waals surface area contributed by atoms with Gasteiger partial charge in [-0.3, -0.25) is 29.3 Å². The highest BCUT2D eigenvalue weighted by Crippen LogP contribution is 2.39. The van der Waals surface area contributed by atoms with Crippen molar-refractivity contribution in [1.29, 1.82) is 0 Å². The van der Waals surface area contributed by atoms with Gasteiger partial charge in [-0.25, -0.2) is 9.80 Å². The number of hydrogen-bond acceptors (Lipinski definition) is 8. The molecule has 0 unspecified atom stereocenters. The zero-order valence-electron chi connectivity index (χ0n) is 22.7. The van der Waals surface area contributed by atoms with E-state index in [1.165, 1.54) is 36.4 Å². The van der Waals surface area contributed by atoms with Gasteiger partial charge in [-0.15, -0.1) is 0 Å². The molecule has 43 heavy (non-hydrogen) atoms. The van der Waals surface area contributed by atoms with Crippen LogP contribution in [-0.2, 0) is 9.59 Å². The third-order valence-corrected chi connectivity index (χ3v) is 7.94. The summed E-state index contributed by atoms with van der Waals surface area (Å²) >= 11 is 3.30. The van der Waals surface area contributed by atoms with Crippen molar-refractivity contribution in [3.05, 3.63) is 116 Å². The number of non-ortho nitro benzene ring substituents is 1. The fourth-order valence-electron chi connectivity index (χ4n) is 5.17. The lowest BCUT2D eigenvalue weighted by atomic mass is 9.78. The number of benzene rings is 3. The van der Waals surface area contributed by atoms with Crippen LogP contribution in [0.2, 0.25) is 0 Å². The van der Waals surface area contributed by atoms with Crippen LogP contribution in [0.1, 0.15) is 44.4 Å². The molecule has 0 aromatic heterocycles. The molecule has 0 N–H and O–H groups in total. The number of halogens is 1. The van der Waals surface area contributed by atoms with E-state index >= 15 is 0 Å². The molecular weight excluding hydrogens is 622 g/mol. The third-order valence-electron chi connectivity index (χ3n) is 7.41. The second-order valence-corrected chi connectivity index (χ2v) is 11.1. The maximum Gasteiger partial charge on any atom is 0.343 e. The van der Waals surface area contributed by atoms with Gasteiger partial charge in [0.15, 0.2) is 5.78 Å². The largest absolute Gasteiger partial charge is 0.423 e. The number of Topliss-reactive ketones (excluding diaryl/α,β-unsaturated/α-hetero) is 1. The van der Waals surface area contributed by atoms with Crippen LogP contribution in [0.25, 0.3) is 0 Å². The van der Waals surface area contributed by atoms with Crippen LogP contribution in [0.3, 0.4) is 0 Å². The minimum absolute atomic E-state index is 0.0461. The predicted molar refractivity (Wildman–Crippen MR) is 156 cm³/mol. The molecule has 1 saturated heterocycles. The van der Waals surface area contributed by atoms with Crippen molar-refractivity contribution >= 4 is 51.1 Å². The fourth-order valence-corrected chi connectivity index (χ4v) is 5.43. The fraction of sp³-hybridized carbons (Fsp3) is 0.194. The highest BCUT2D eigenvalue weighted by molar-refractivity contribution is 9.10. The van der Waals surface area contributed by atoms with Gasteiger partial charge in [0, 0.05) is 27.7 Å². The van der Waals surface area contributed by atoms with Gasteiger partial charge in [0.1, 0.15) is 12.3 Å². The predicted octanol–water partition coefficient (Wildman–Crippen LogP) is 5.01. The topological polar surface area (TPSA) is 144 Å². The van der Waals surface area contributed by atoms with E-state index in [1.54, 1.807) is 31.2 Å². The van der Waals surface area contributed by atoms with Gasteiger partial charge in [-0.2, -0.15) is 5.01 Å². The molecule has 0 saturated carbocycles.